The summed E-state index contributed by atoms with van der Waals surface area (Å²) in [7, 11) is 0. The molecular formula is C19H16ClN5O. The van der Waals surface area contributed by atoms with Crippen molar-refractivity contribution in [3.05, 3.63) is 47.1 Å². The molecule has 1 atom stereocenters. The Morgan fingerprint density at radius 2 is 2.15 bits per heavy atom. The summed E-state index contributed by atoms with van der Waals surface area (Å²) in [5, 5.41) is 4.95. The molecule has 7 heteroatoms. The van der Waals surface area contributed by atoms with Crippen LogP contribution in [-0.2, 0) is 0 Å². The number of nitrogens with zero attached hydrogens (tertiary/aromatic N) is 5. The lowest BCUT2D eigenvalue weighted by molar-refractivity contribution is 0.380. The third-order valence-corrected chi connectivity index (χ3v) is 5.60. The van der Waals surface area contributed by atoms with Crippen LogP contribution in [0.5, 0.6) is 0 Å². The van der Waals surface area contributed by atoms with Gasteiger partial charge in [0.1, 0.15) is 12.1 Å². The van der Waals surface area contributed by atoms with E-state index < -0.39 is 0 Å². The summed E-state index contributed by atoms with van der Waals surface area (Å²) >= 11 is 6.55. The zero-order valence-electron chi connectivity index (χ0n) is 14.2. The highest BCUT2D eigenvalue weighted by molar-refractivity contribution is 6.33. The predicted octanol–water partition coefficient (Wildman–Crippen LogP) is 4.26. The number of fused-ring (bicyclic) bond motifs is 6. The lowest BCUT2D eigenvalue weighted by Crippen LogP contribution is -2.27. The molecule has 0 saturated heterocycles. The van der Waals surface area contributed by atoms with Crippen LogP contribution in [0.1, 0.15) is 37.1 Å². The van der Waals surface area contributed by atoms with Crippen LogP contribution in [0.15, 0.2) is 35.1 Å². The minimum Gasteiger partial charge on any atom is -0.339 e. The maximum atomic E-state index is 6.55. The largest absolute Gasteiger partial charge is 0.339 e. The van der Waals surface area contributed by atoms with Crippen molar-refractivity contribution >= 4 is 23.1 Å². The summed E-state index contributed by atoms with van der Waals surface area (Å²) in [6.07, 6.45) is 6.36. The van der Waals surface area contributed by atoms with E-state index in [-0.39, 0.29) is 0 Å². The Labute approximate surface area is 155 Å². The third kappa shape index (κ3) is 1.90. The standard InChI is InChI=1S/C19H16ClN5O/c1-10-7-14-15-12(20)3-2-4-13(15)25-9-21-16(19(25)24(14)8-10)17-22-18(26-23-17)11-5-6-11/h2-4,7,9-11H,5-6,8H2,1H3/t10-/m0/s1. The van der Waals surface area contributed by atoms with E-state index >= 15 is 0 Å². The summed E-state index contributed by atoms with van der Waals surface area (Å²) in [5.41, 5.74) is 3.99. The van der Waals surface area contributed by atoms with Crippen molar-refractivity contribution in [1.82, 2.24) is 19.7 Å². The number of halogens is 1. The summed E-state index contributed by atoms with van der Waals surface area (Å²) < 4.78 is 7.54. The van der Waals surface area contributed by atoms with Gasteiger partial charge in [-0.2, -0.15) is 4.98 Å². The zero-order valence-corrected chi connectivity index (χ0v) is 14.9. The molecule has 0 unspecified atom stereocenters. The smallest absolute Gasteiger partial charge is 0.230 e. The molecule has 3 aliphatic rings. The average Bonchev–Trinajstić information content (AvgIpc) is 3.05. The van der Waals surface area contributed by atoms with Crippen LogP contribution < -0.4 is 4.90 Å². The summed E-state index contributed by atoms with van der Waals surface area (Å²) in [5.74, 6) is 3.13. The molecular weight excluding hydrogens is 350 g/mol. The summed E-state index contributed by atoms with van der Waals surface area (Å²) in [6.45, 7) is 3.09. The summed E-state index contributed by atoms with van der Waals surface area (Å²) in [6, 6.07) is 5.98. The van der Waals surface area contributed by atoms with Crippen molar-refractivity contribution in [2.24, 2.45) is 5.92 Å². The van der Waals surface area contributed by atoms with E-state index in [9.17, 15) is 0 Å². The molecule has 1 aromatic carbocycles. The maximum Gasteiger partial charge on any atom is 0.230 e. The monoisotopic (exact) mass is 365 g/mol. The molecule has 4 heterocycles. The fourth-order valence-electron chi connectivity index (χ4n) is 3.95. The van der Waals surface area contributed by atoms with Gasteiger partial charge in [0.15, 0.2) is 5.69 Å². The predicted molar refractivity (Wildman–Crippen MR) is 98.3 cm³/mol. The molecule has 6 rings (SSSR count). The normalized spacial score (nSPS) is 20.6. The molecule has 2 aliphatic heterocycles. The maximum absolute atomic E-state index is 6.55. The second kappa shape index (κ2) is 4.98. The van der Waals surface area contributed by atoms with Crippen molar-refractivity contribution in [3.63, 3.8) is 0 Å². The highest BCUT2D eigenvalue weighted by Gasteiger charge is 2.37. The van der Waals surface area contributed by atoms with Crippen molar-refractivity contribution in [2.75, 3.05) is 11.4 Å². The number of hydrogen-bond acceptors (Lipinski definition) is 5. The van der Waals surface area contributed by atoms with Crippen LogP contribution in [0.25, 0.3) is 22.9 Å². The van der Waals surface area contributed by atoms with Gasteiger partial charge in [-0.3, -0.25) is 4.57 Å². The Kier molecular flexibility index (Phi) is 2.79. The van der Waals surface area contributed by atoms with Crippen LogP contribution in [0.2, 0.25) is 5.02 Å². The van der Waals surface area contributed by atoms with E-state index in [2.05, 4.69) is 43.7 Å². The Bertz CT molecular complexity index is 1080. The fraction of sp³-hybridized carbons (Fsp3) is 0.316. The van der Waals surface area contributed by atoms with Gasteiger partial charge in [-0.25, -0.2) is 4.98 Å². The third-order valence-electron chi connectivity index (χ3n) is 5.29. The van der Waals surface area contributed by atoms with Crippen LogP contribution >= 0.6 is 11.6 Å². The molecule has 130 valence electrons. The van der Waals surface area contributed by atoms with Crippen LogP contribution in [-0.4, -0.2) is 26.2 Å². The highest BCUT2D eigenvalue weighted by atomic mass is 35.5. The topological polar surface area (TPSA) is 60.0 Å². The summed E-state index contributed by atoms with van der Waals surface area (Å²) in [4.78, 5) is 11.5. The molecule has 0 amide bonds. The zero-order chi connectivity index (χ0) is 17.4. The Hall–Kier alpha value is -2.60. The molecule has 0 spiro atoms. The first-order chi connectivity index (χ1) is 12.7. The van der Waals surface area contributed by atoms with E-state index in [0.29, 0.717) is 17.7 Å². The molecule has 1 saturated carbocycles. The molecule has 1 fully saturated rings. The van der Waals surface area contributed by atoms with Crippen molar-refractivity contribution < 1.29 is 4.52 Å². The molecule has 2 aromatic heterocycles. The van der Waals surface area contributed by atoms with Gasteiger partial charge in [-0.15, -0.1) is 0 Å². The van der Waals surface area contributed by atoms with Gasteiger partial charge in [0.25, 0.3) is 0 Å². The second-order valence-electron chi connectivity index (χ2n) is 7.29. The second-order valence-corrected chi connectivity index (χ2v) is 7.70. The Balaban J connectivity index is 1.58. The number of benzene rings is 1. The first kappa shape index (κ1) is 14.6. The average molecular weight is 366 g/mol. The van der Waals surface area contributed by atoms with Crippen LogP contribution in [0, 0.1) is 5.92 Å². The van der Waals surface area contributed by atoms with Gasteiger partial charge in [-0.05, 0) is 30.9 Å². The first-order valence-electron chi connectivity index (χ1n) is 8.90. The first-order valence-corrected chi connectivity index (χ1v) is 9.28. The Morgan fingerprint density at radius 3 is 3.00 bits per heavy atom. The molecule has 6 nitrogen and oxygen atoms in total. The fourth-order valence-corrected chi connectivity index (χ4v) is 4.21. The van der Waals surface area contributed by atoms with Gasteiger partial charge < -0.3 is 9.42 Å². The number of anilines is 1. The lowest BCUT2D eigenvalue weighted by Gasteiger charge is -2.31. The number of imidazole rings is 1. The van der Waals surface area contributed by atoms with Gasteiger partial charge >= 0.3 is 0 Å². The Morgan fingerprint density at radius 1 is 1.27 bits per heavy atom. The molecule has 1 aliphatic carbocycles. The van der Waals surface area contributed by atoms with E-state index in [1.54, 1.807) is 0 Å². The molecule has 3 aromatic rings. The van der Waals surface area contributed by atoms with Crippen molar-refractivity contribution in [2.45, 2.75) is 25.7 Å². The SMILES string of the molecule is C[C@H]1C=C2c3c(Cl)cccc3-n3cnc(-c4noc(C5CC5)n4)c3N2C1. The quantitative estimate of drug-likeness (QED) is 0.679. The van der Waals surface area contributed by atoms with Crippen molar-refractivity contribution in [1.29, 1.82) is 0 Å². The highest BCUT2D eigenvalue weighted by Crippen LogP contribution is 2.47. The van der Waals surface area contributed by atoms with E-state index in [4.69, 9.17) is 16.1 Å². The number of aromatic nitrogens is 4. The molecule has 0 radical (unpaired) electrons. The van der Waals surface area contributed by atoms with Crippen LogP contribution in [0.3, 0.4) is 0 Å². The van der Waals surface area contributed by atoms with Crippen LogP contribution in [0.4, 0.5) is 5.82 Å². The molecule has 0 bridgehead atoms. The van der Waals surface area contributed by atoms with E-state index in [1.807, 2.05) is 18.5 Å². The minimum atomic E-state index is 0.427. The molecule has 0 N–H and O–H groups in total. The van der Waals surface area contributed by atoms with Gasteiger partial charge in [-0.1, -0.05) is 35.8 Å². The van der Waals surface area contributed by atoms with Crippen molar-refractivity contribution in [3.8, 4) is 17.2 Å². The minimum absolute atomic E-state index is 0.427. The number of rotatable bonds is 2. The van der Waals surface area contributed by atoms with Gasteiger partial charge in [0.05, 0.1) is 10.7 Å². The van der Waals surface area contributed by atoms with E-state index in [0.717, 1.165) is 58.8 Å². The van der Waals surface area contributed by atoms with Gasteiger partial charge in [0, 0.05) is 23.7 Å². The number of hydrogen-bond donors (Lipinski definition) is 0. The van der Waals surface area contributed by atoms with E-state index in [1.165, 1.54) is 0 Å². The lowest BCUT2D eigenvalue weighted by atomic mass is 10.1. The molecule has 26 heavy (non-hydrogen) atoms. The van der Waals surface area contributed by atoms with Gasteiger partial charge in [0.2, 0.25) is 11.7 Å².